The fraction of sp³-hybridized carbons (Fsp3) is 0.600. The predicted octanol–water partition coefficient (Wildman–Crippen LogP) is 2.33. The number of rotatable bonds is 8. The number of hydrogen-bond donors (Lipinski definition) is 2. The highest BCUT2D eigenvalue weighted by Crippen LogP contribution is 2.14. The van der Waals surface area contributed by atoms with E-state index in [-0.39, 0.29) is 12.0 Å². The van der Waals surface area contributed by atoms with Crippen molar-refractivity contribution in [1.82, 2.24) is 15.5 Å². The van der Waals surface area contributed by atoms with Crippen LogP contribution < -0.4 is 15.4 Å². The van der Waals surface area contributed by atoms with Gasteiger partial charge < -0.3 is 20.3 Å². The van der Waals surface area contributed by atoms with Crippen LogP contribution >= 0.6 is 0 Å². The number of hydrogen-bond acceptors (Lipinski definition) is 3. The summed E-state index contributed by atoms with van der Waals surface area (Å²) in [5.41, 5.74) is 1.18. The molecule has 0 spiro atoms. The number of aliphatic imine (C=N–C) groups is 1. The SMILES string of the molecule is CCNC(=NCC(C)Oc1cccc(C)c1)NCCC(=O)N1CCCC1. The van der Waals surface area contributed by atoms with Crippen molar-refractivity contribution in [3.05, 3.63) is 29.8 Å². The lowest BCUT2D eigenvalue weighted by molar-refractivity contribution is -0.129. The molecule has 0 radical (unpaired) electrons. The van der Waals surface area contributed by atoms with E-state index in [1.807, 2.05) is 49.9 Å². The minimum atomic E-state index is -0.0292. The van der Waals surface area contributed by atoms with Crippen LogP contribution in [0.5, 0.6) is 5.75 Å². The molecule has 1 atom stereocenters. The molecule has 6 heteroatoms. The Morgan fingerprint density at radius 1 is 1.31 bits per heavy atom. The van der Waals surface area contributed by atoms with Crippen LogP contribution in [0.15, 0.2) is 29.3 Å². The Balaban J connectivity index is 1.76. The molecule has 144 valence electrons. The van der Waals surface area contributed by atoms with Gasteiger partial charge in [-0.05, 0) is 51.3 Å². The molecule has 1 unspecified atom stereocenters. The summed E-state index contributed by atoms with van der Waals surface area (Å²) in [5.74, 6) is 1.81. The first-order valence-corrected chi connectivity index (χ1v) is 9.61. The highest BCUT2D eigenvalue weighted by Gasteiger charge is 2.17. The summed E-state index contributed by atoms with van der Waals surface area (Å²) in [6, 6.07) is 8.02. The first-order chi connectivity index (χ1) is 12.6. The standard InChI is InChI=1S/C20H32N4O2/c1-4-21-20(22-11-10-19(25)24-12-5-6-13-24)23-15-17(3)26-18-9-7-8-16(2)14-18/h7-9,14,17H,4-6,10-13,15H2,1-3H3,(H2,21,22,23). The molecule has 1 aliphatic heterocycles. The first-order valence-electron chi connectivity index (χ1n) is 9.61. The molecule has 0 bridgehead atoms. The molecule has 1 saturated heterocycles. The molecule has 1 heterocycles. The van der Waals surface area contributed by atoms with Crippen molar-refractivity contribution in [2.45, 2.75) is 46.1 Å². The molecule has 1 fully saturated rings. The number of guanidine groups is 1. The lowest BCUT2D eigenvalue weighted by atomic mass is 10.2. The summed E-state index contributed by atoms with van der Waals surface area (Å²) in [6.07, 6.45) is 2.72. The maximum atomic E-state index is 12.1. The van der Waals surface area contributed by atoms with E-state index in [0.717, 1.165) is 44.2 Å². The van der Waals surface area contributed by atoms with Gasteiger partial charge in [-0.2, -0.15) is 0 Å². The third kappa shape index (κ3) is 6.94. The number of carbonyl (C=O) groups excluding carboxylic acids is 1. The minimum absolute atomic E-state index is 0.0292. The lowest BCUT2D eigenvalue weighted by Gasteiger charge is -2.17. The van der Waals surface area contributed by atoms with Crippen molar-refractivity contribution in [2.75, 3.05) is 32.7 Å². The zero-order valence-electron chi connectivity index (χ0n) is 16.3. The van der Waals surface area contributed by atoms with E-state index in [1.54, 1.807) is 0 Å². The lowest BCUT2D eigenvalue weighted by Crippen LogP contribution is -2.40. The second-order valence-electron chi connectivity index (χ2n) is 6.73. The quantitative estimate of drug-likeness (QED) is 0.552. The van der Waals surface area contributed by atoms with Gasteiger partial charge in [-0.25, -0.2) is 4.99 Å². The van der Waals surface area contributed by atoms with Crippen molar-refractivity contribution in [1.29, 1.82) is 0 Å². The zero-order chi connectivity index (χ0) is 18.8. The third-order valence-corrected chi connectivity index (χ3v) is 4.27. The van der Waals surface area contributed by atoms with Gasteiger partial charge in [0.05, 0.1) is 6.54 Å². The second kappa shape index (κ2) is 10.7. The van der Waals surface area contributed by atoms with Crippen molar-refractivity contribution in [3.8, 4) is 5.75 Å². The fourth-order valence-corrected chi connectivity index (χ4v) is 2.93. The van der Waals surface area contributed by atoms with Crippen molar-refractivity contribution >= 4 is 11.9 Å². The number of ether oxygens (including phenoxy) is 1. The number of carbonyl (C=O) groups is 1. The normalized spacial score (nSPS) is 15.7. The van der Waals surface area contributed by atoms with Crippen LogP contribution in [-0.4, -0.2) is 55.6 Å². The van der Waals surface area contributed by atoms with Crippen LogP contribution in [0.3, 0.4) is 0 Å². The maximum absolute atomic E-state index is 12.1. The summed E-state index contributed by atoms with van der Waals surface area (Å²) in [7, 11) is 0. The van der Waals surface area contributed by atoms with E-state index >= 15 is 0 Å². The van der Waals surface area contributed by atoms with Gasteiger partial charge in [0.2, 0.25) is 5.91 Å². The van der Waals surface area contributed by atoms with Gasteiger partial charge in [0.1, 0.15) is 11.9 Å². The molecule has 1 aliphatic rings. The van der Waals surface area contributed by atoms with Crippen molar-refractivity contribution in [3.63, 3.8) is 0 Å². The van der Waals surface area contributed by atoms with Crippen LogP contribution in [0, 0.1) is 6.92 Å². The number of benzene rings is 1. The van der Waals surface area contributed by atoms with E-state index in [2.05, 4.69) is 15.6 Å². The van der Waals surface area contributed by atoms with Gasteiger partial charge in [-0.15, -0.1) is 0 Å². The van der Waals surface area contributed by atoms with E-state index in [9.17, 15) is 4.79 Å². The number of amides is 1. The zero-order valence-corrected chi connectivity index (χ0v) is 16.3. The Labute approximate surface area is 157 Å². The number of nitrogens with zero attached hydrogens (tertiary/aromatic N) is 2. The van der Waals surface area contributed by atoms with Crippen LogP contribution in [0.1, 0.15) is 38.7 Å². The molecule has 2 rings (SSSR count). The summed E-state index contributed by atoms with van der Waals surface area (Å²) in [6.45, 7) is 9.80. The molecule has 2 N–H and O–H groups in total. The second-order valence-corrected chi connectivity index (χ2v) is 6.73. The Morgan fingerprint density at radius 2 is 2.08 bits per heavy atom. The van der Waals surface area contributed by atoms with Gasteiger partial charge in [0.25, 0.3) is 0 Å². The average molecular weight is 361 g/mol. The first kappa shape index (κ1) is 20.1. The number of aryl methyl sites for hydroxylation is 1. The minimum Gasteiger partial charge on any atom is -0.489 e. The predicted molar refractivity (Wildman–Crippen MR) is 106 cm³/mol. The third-order valence-electron chi connectivity index (χ3n) is 4.27. The van der Waals surface area contributed by atoms with Gasteiger partial charge in [0.15, 0.2) is 5.96 Å². The van der Waals surface area contributed by atoms with Crippen molar-refractivity contribution < 1.29 is 9.53 Å². The summed E-state index contributed by atoms with van der Waals surface area (Å²) in [5, 5.41) is 6.45. The fourth-order valence-electron chi connectivity index (χ4n) is 2.93. The largest absolute Gasteiger partial charge is 0.489 e. The molecular formula is C20H32N4O2. The molecule has 26 heavy (non-hydrogen) atoms. The summed E-state index contributed by atoms with van der Waals surface area (Å²) < 4.78 is 5.91. The van der Waals surface area contributed by atoms with E-state index in [1.165, 1.54) is 5.56 Å². The van der Waals surface area contributed by atoms with Crippen LogP contribution in [-0.2, 0) is 4.79 Å². The average Bonchev–Trinajstić information content (AvgIpc) is 3.14. The molecule has 0 saturated carbocycles. The topological polar surface area (TPSA) is 66.0 Å². The van der Waals surface area contributed by atoms with E-state index in [4.69, 9.17) is 4.74 Å². The van der Waals surface area contributed by atoms with E-state index in [0.29, 0.717) is 19.5 Å². The monoisotopic (exact) mass is 360 g/mol. The Hall–Kier alpha value is -2.24. The van der Waals surface area contributed by atoms with Crippen LogP contribution in [0.25, 0.3) is 0 Å². The molecule has 6 nitrogen and oxygen atoms in total. The molecular weight excluding hydrogens is 328 g/mol. The Kier molecular flexibility index (Phi) is 8.25. The number of nitrogens with one attached hydrogen (secondary N) is 2. The van der Waals surface area contributed by atoms with E-state index < -0.39 is 0 Å². The van der Waals surface area contributed by atoms with Crippen LogP contribution in [0.2, 0.25) is 0 Å². The van der Waals surface area contributed by atoms with Gasteiger partial charge in [-0.3, -0.25) is 4.79 Å². The van der Waals surface area contributed by atoms with Crippen LogP contribution in [0.4, 0.5) is 0 Å². The molecule has 0 aromatic heterocycles. The van der Waals surface area contributed by atoms with Gasteiger partial charge >= 0.3 is 0 Å². The van der Waals surface area contributed by atoms with Gasteiger partial charge in [0, 0.05) is 32.6 Å². The molecule has 0 aliphatic carbocycles. The highest BCUT2D eigenvalue weighted by atomic mass is 16.5. The smallest absolute Gasteiger partial charge is 0.224 e. The summed E-state index contributed by atoms with van der Waals surface area (Å²) >= 11 is 0. The maximum Gasteiger partial charge on any atom is 0.224 e. The number of likely N-dealkylation sites (tertiary alicyclic amines) is 1. The highest BCUT2D eigenvalue weighted by molar-refractivity contribution is 5.81. The Bertz CT molecular complexity index is 597. The van der Waals surface area contributed by atoms with Crippen molar-refractivity contribution in [2.24, 2.45) is 4.99 Å². The van der Waals surface area contributed by atoms with Gasteiger partial charge in [-0.1, -0.05) is 12.1 Å². The Morgan fingerprint density at radius 3 is 2.77 bits per heavy atom. The molecule has 1 aromatic rings. The summed E-state index contributed by atoms with van der Waals surface area (Å²) in [4.78, 5) is 18.6. The molecule has 1 aromatic carbocycles. The molecule has 1 amide bonds.